The first-order chi connectivity index (χ1) is 37.0. The third-order valence-electron chi connectivity index (χ3n) is 14.2. The van der Waals surface area contributed by atoms with Gasteiger partial charge in [0, 0.05) is 64.7 Å². The van der Waals surface area contributed by atoms with E-state index in [0.29, 0.717) is 83.4 Å². The molecule has 78 heavy (non-hydrogen) atoms. The van der Waals surface area contributed by atoms with Gasteiger partial charge in [0.25, 0.3) is 0 Å². The van der Waals surface area contributed by atoms with Crippen LogP contribution in [0.5, 0.6) is 0 Å². The van der Waals surface area contributed by atoms with Crippen LogP contribution in [0.1, 0.15) is 83.3 Å². The predicted octanol–water partition coefficient (Wildman–Crippen LogP) is -2.95. The molecular formula is C51H79N11O16. The maximum atomic E-state index is 13.0. The lowest BCUT2D eigenvalue weighted by molar-refractivity contribution is -0.155. The minimum Gasteiger partial charge on any atom is -0.481 e. The number of carboxylic acid groups (broad SMARTS) is 3. The first-order valence-corrected chi connectivity index (χ1v) is 26.5. The van der Waals surface area contributed by atoms with Gasteiger partial charge in [-0.3, -0.25) is 67.4 Å². The number of aliphatic hydroxyl groups is 1. The molecule has 6 unspecified atom stereocenters. The van der Waals surface area contributed by atoms with Crippen LogP contribution in [0.2, 0.25) is 0 Å². The Balaban J connectivity index is 0.000000323. The predicted molar refractivity (Wildman–Crippen MR) is 279 cm³/mol. The first-order valence-electron chi connectivity index (χ1n) is 26.5. The molecule has 0 saturated carbocycles. The van der Waals surface area contributed by atoms with E-state index in [1.807, 2.05) is 19.6 Å². The van der Waals surface area contributed by atoms with Crippen molar-refractivity contribution < 1.29 is 77.9 Å². The number of likely N-dealkylation sites (tertiary alicyclic amines) is 1. The van der Waals surface area contributed by atoms with Crippen molar-refractivity contribution in [2.45, 2.75) is 115 Å². The van der Waals surface area contributed by atoms with Crippen LogP contribution in [-0.2, 0) is 70.3 Å². The zero-order chi connectivity index (χ0) is 57.5. The SMILES string of the molecule is CCC(C)CC(=O)NC1CCc2cccc3c2N(C1=O)C(C)C3.NC(=O)CNC(=O)CNC(=O)C(CCC(=O)O)NC(=O)CN1CCC(CN2CCN(CC(=O)O)CCN(CC(=O)O)CC2)CC1.O=CNC1CC(=O)OC1O. The lowest BCUT2D eigenvalue weighted by atomic mass is 9.96. The zero-order valence-corrected chi connectivity index (χ0v) is 44.8. The molecule has 0 aromatic heterocycles. The highest BCUT2D eigenvalue weighted by molar-refractivity contribution is 6.02. The fraction of sp³-hybridized carbons (Fsp3) is 0.667. The lowest BCUT2D eigenvalue weighted by Gasteiger charge is -2.35. The Morgan fingerprint density at radius 3 is 1.92 bits per heavy atom. The molecule has 5 aliphatic heterocycles. The number of aryl methyl sites for hydroxylation is 1. The number of ether oxygens (including phenoxy) is 1. The molecule has 6 atom stereocenters. The molecule has 434 valence electrons. The summed E-state index contributed by atoms with van der Waals surface area (Å²) in [6.45, 7) is 10.5. The number of aliphatic carboxylic acids is 3. The minimum atomic E-state index is -1.18. The monoisotopic (exact) mass is 1100 g/mol. The van der Waals surface area contributed by atoms with Gasteiger partial charge in [-0.1, -0.05) is 38.5 Å². The summed E-state index contributed by atoms with van der Waals surface area (Å²) >= 11 is 0. The molecule has 0 spiro atoms. The normalized spacial score (nSPS) is 21.8. The van der Waals surface area contributed by atoms with Gasteiger partial charge in [-0.05, 0) is 81.5 Å². The number of carbonyl (C=O) groups is 11. The summed E-state index contributed by atoms with van der Waals surface area (Å²) < 4.78 is 4.32. The maximum Gasteiger partial charge on any atom is 0.317 e. The number of rotatable bonds is 23. The molecular weight excluding hydrogens is 1020 g/mol. The number of nitrogens with zero attached hydrogens (tertiary/aromatic N) is 5. The largest absolute Gasteiger partial charge is 0.481 e. The number of primary amides is 1. The Kier molecular flexibility index (Phi) is 26.3. The third-order valence-corrected chi connectivity index (χ3v) is 14.2. The number of aliphatic hydroxyl groups excluding tert-OH is 1. The smallest absolute Gasteiger partial charge is 0.317 e. The van der Waals surface area contributed by atoms with Gasteiger partial charge < -0.3 is 67.3 Å². The van der Waals surface area contributed by atoms with E-state index in [4.69, 9.17) is 15.9 Å². The number of piperidine rings is 1. The van der Waals surface area contributed by atoms with Crippen molar-refractivity contribution in [2.24, 2.45) is 17.6 Å². The van der Waals surface area contributed by atoms with Crippen LogP contribution in [0.3, 0.4) is 0 Å². The molecule has 5 heterocycles. The first kappa shape index (κ1) is 63.7. The summed E-state index contributed by atoms with van der Waals surface area (Å²) in [5.74, 6) is -5.41. The molecule has 1 aromatic carbocycles. The molecule has 1 aromatic rings. The molecule has 7 amide bonds. The van der Waals surface area contributed by atoms with Crippen molar-refractivity contribution >= 4 is 71.4 Å². The van der Waals surface area contributed by atoms with E-state index < -0.39 is 85.0 Å². The molecule has 27 nitrogen and oxygen atoms in total. The number of nitrogens with two attached hydrogens (primary N) is 1. The molecule has 3 fully saturated rings. The fourth-order valence-corrected chi connectivity index (χ4v) is 9.77. The van der Waals surface area contributed by atoms with Gasteiger partial charge in [0.05, 0.1) is 44.8 Å². The molecule has 6 rings (SSSR count). The van der Waals surface area contributed by atoms with Crippen LogP contribution in [0.4, 0.5) is 5.69 Å². The Morgan fingerprint density at radius 1 is 0.769 bits per heavy atom. The molecule has 11 N–H and O–H groups in total. The fourth-order valence-electron chi connectivity index (χ4n) is 9.77. The van der Waals surface area contributed by atoms with Crippen molar-refractivity contribution in [2.75, 3.05) is 96.5 Å². The van der Waals surface area contributed by atoms with Crippen molar-refractivity contribution in [1.82, 2.24) is 46.2 Å². The number of hydrogen-bond donors (Lipinski definition) is 10. The number of anilines is 1. The number of hydrogen-bond acceptors (Lipinski definition) is 17. The minimum absolute atomic E-state index is 0.000675. The standard InChI is InChI=1S/C27H46N8O10.C19H26N2O2.C5H7NO4/c28-21(36)13-29-22(37)14-30-27(45)20(1-2-24(39)40)31-23(38)16-32-5-3-19(4-6-32)15-33-7-9-34(17-25(41)42)11-12-35(10-8-33)18-26(43)44;1-4-12(2)10-17(22)20-16-9-8-14-6-5-7-15-11-13(3)21(18(14)15)19(16)23;7-2-6-3-1-4(8)10-5(3)9/h19-20H,1-18H2,(H2,28,36)(H,29,37)(H,30,45)(H,31,38)(H,39,40)(H,41,42)(H,43,44);5-7,12-13,16H,4,8-11H2,1-3H3,(H,20,22);2-3,5,9H,1H2,(H,6,7). The Labute approximate surface area is 453 Å². The van der Waals surface area contributed by atoms with E-state index in [2.05, 4.69) is 75.2 Å². The van der Waals surface area contributed by atoms with Crippen molar-refractivity contribution in [3.63, 3.8) is 0 Å². The Hall–Kier alpha value is -6.81. The summed E-state index contributed by atoms with van der Waals surface area (Å²) in [5, 5.41) is 48.7. The van der Waals surface area contributed by atoms with Gasteiger partial charge in [-0.2, -0.15) is 0 Å². The van der Waals surface area contributed by atoms with Crippen molar-refractivity contribution in [3.05, 3.63) is 29.3 Å². The van der Waals surface area contributed by atoms with Gasteiger partial charge in [-0.25, -0.2) is 0 Å². The number of carboxylic acids is 3. The van der Waals surface area contributed by atoms with Crippen LogP contribution in [0, 0.1) is 11.8 Å². The van der Waals surface area contributed by atoms with E-state index in [0.717, 1.165) is 44.3 Å². The van der Waals surface area contributed by atoms with Gasteiger partial charge >= 0.3 is 23.9 Å². The van der Waals surface area contributed by atoms with Gasteiger partial charge in [0.15, 0.2) is 0 Å². The number of nitrogens with one attached hydrogen (secondary N) is 5. The summed E-state index contributed by atoms with van der Waals surface area (Å²) in [5.41, 5.74) is 8.55. The van der Waals surface area contributed by atoms with E-state index >= 15 is 0 Å². The van der Waals surface area contributed by atoms with Gasteiger partial charge in [0.1, 0.15) is 18.1 Å². The highest BCUT2D eigenvalue weighted by Gasteiger charge is 2.39. The van der Waals surface area contributed by atoms with Crippen LogP contribution < -0.4 is 37.2 Å². The number of esters is 1. The van der Waals surface area contributed by atoms with E-state index in [-0.39, 0.29) is 56.8 Å². The maximum absolute atomic E-state index is 13.0. The third kappa shape index (κ3) is 21.9. The quantitative estimate of drug-likeness (QED) is 0.0387. The van der Waals surface area contributed by atoms with E-state index in [1.165, 1.54) is 11.1 Å². The van der Waals surface area contributed by atoms with Crippen molar-refractivity contribution in [1.29, 1.82) is 0 Å². The summed E-state index contributed by atoms with van der Waals surface area (Å²) in [6.07, 6.45) is 4.22. The molecule has 0 radical (unpaired) electrons. The van der Waals surface area contributed by atoms with Crippen LogP contribution in [0.25, 0.3) is 0 Å². The second-order valence-corrected chi connectivity index (χ2v) is 20.4. The second-order valence-electron chi connectivity index (χ2n) is 20.4. The summed E-state index contributed by atoms with van der Waals surface area (Å²) in [6, 6.07) is 4.33. The molecule has 27 heteroatoms. The Bertz CT molecular complexity index is 2240. The average molecular weight is 1100 g/mol. The Morgan fingerprint density at radius 2 is 1.37 bits per heavy atom. The molecule has 0 bridgehead atoms. The number of carbonyl (C=O) groups excluding carboxylic acids is 8. The number of cyclic esters (lactones) is 1. The van der Waals surface area contributed by atoms with Gasteiger partial charge in [0.2, 0.25) is 48.1 Å². The van der Waals surface area contributed by atoms with Gasteiger partial charge in [-0.15, -0.1) is 0 Å². The molecule has 3 saturated heterocycles. The molecule has 5 aliphatic rings. The summed E-state index contributed by atoms with van der Waals surface area (Å²) in [7, 11) is 0. The second kappa shape index (κ2) is 32.2. The highest BCUT2D eigenvalue weighted by atomic mass is 16.6. The highest BCUT2D eigenvalue weighted by Crippen LogP contribution is 2.38. The van der Waals surface area contributed by atoms with Crippen LogP contribution in [-0.4, -0.2) is 228 Å². The topological polar surface area (TPSA) is 380 Å². The van der Waals surface area contributed by atoms with Crippen LogP contribution in [0.15, 0.2) is 18.2 Å². The number of para-hydroxylation sites is 1. The van der Waals surface area contributed by atoms with E-state index in [1.54, 1.807) is 0 Å². The number of amides is 7. The average Bonchev–Trinajstić information content (AvgIpc) is 3.95. The van der Waals surface area contributed by atoms with Crippen molar-refractivity contribution in [3.8, 4) is 0 Å². The molecule has 0 aliphatic carbocycles. The zero-order valence-electron chi connectivity index (χ0n) is 44.8. The van der Waals surface area contributed by atoms with E-state index in [9.17, 15) is 63.0 Å². The number of benzene rings is 1. The lowest BCUT2D eigenvalue weighted by Crippen LogP contribution is -2.52. The summed E-state index contributed by atoms with van der Waals surface area (Å²) in [4.78, 5) is 137. The van der Waals surface area contributed by atoms with Crippen LogP contribution >= 0.6 is 0 Å².